The van der Waals surface area contributed by atoms with Crippen molar-refractivity contribution in [3.8, 4) is 11.3 Å². The predicted octanol–water partition coefficient (Wildman–Crippen LogP) is 2.46. The maximum atomic E-state index is 13.0. The van der Waals surface area contributed by atoms with E-state index in [1.54, 1.807) is 23.1 Å². The van der Waals surface area contributed by atoms with Crippen molar-refractivity contribution in [3.63, 3.8) is 0 Å². The van der Waals surface area contributed by atoms with E-state index < -0.39 is 0 Å². The largest absolute Gasteiger partial charge is 0.337 e. The Labute approximate surface area is 140 Å². The zero-order chi connectivity index (χ0) is 15.5. The molecule has 2 N–H and O–H groups in total. The number of aromatic amines is 1. The number of H-pyrrole nitrogens is 1. The van der Waals surface area contributed by atoms with Gasteiger partial charge in [-0.05, 0) is 56.3 Å². The van der Waals surface area contributed by atoms with Gasteiger partial charge in [-0.25, -0.2) is 4.39 Å². The summed E-state index contributed by atoms with van der Waals surface area (Å²) in [4.78, 5) is 14.3. The van der Waals surface area contributed by atoms with Crippen LogP contribution in [0.4, 0.5) is 4.39 Å². The number of piperidine rings is 1. The highest BCUT2D eigenvalue weighted by Crippen LogP contribution is 2.19. The lowest BCUT2D eigenvalue weighted by molar-refractivity contribution is 0.0697. The Balaban J connectivity index is 0.00000192. The van der Waals surface area contributed by atoms with Gasteiger partial charge in [0.15, 0.2) is 0 Å². The molecule has 7 heteroatoms. The topological polar surface area (TPSA) is 61.0 Å². The minimum Gasteiger partial charge on any atom is -0.337 e. The Morgan fingerprint density at radius 2 is 1.91 bits per heavy atom. The molecule has 23 heavy (non-hydrogen) atoms. The van der Waals surface area contributed by atoms with Gasteiger partial charge in [-0.2, -0.15) is 5.10 Å². The summed E-state index contributed by atoms with van der Waals surface area (Å²) in [6.45, 7) is 1.87. The van der Waals surface area contributed by atoms with Crippen LogP contribution in [0.3, 0.4) is 0 Å². The second-order valence-corrected chi connectivity index (χ2v) is 5.57. The Hall–Kier alpha value is -1.92. The van der Waals surface area contributed by atoms with Crippen molar-refractivity contribution in [1.29, 1.82) is 0 Å². The lowest BCUT2D eigenvalue weighted by Crippen LogP contribution is -2.44. The highest BCUT2D eigenvalue weighted by Gasteiger charge is 2.24. The summed E-state index contributed by atoms with van der Waals surface area (Å²) in [5, 5.41) is 10.2. The molecule has 1 aromatic carbocycles. The number of rotatable bonds is 3. The molecular weight excluding hydrogens is 319 g/mol. The fourth-order valence-corrected chi connectivity index (χ4v) is 2.75. The van der Waals surface area contributed by atoms with Crippen molar-refractivity contribution in [2.45, 2.75) is 18.9 Å². The van der Waals surface area contributed by atoms with Crippen LogP contribution in [0.5, 0.6) is 0 Å². The van der Waals surface area contributed by atoms with Crippen molar-refractivity contribution in [1.82, 2.24) is 20.4 Å². The first-order valence-electron chi connectivity index (χ1n) is 7.44. The monoisotopic (exact) mass is 338 g/mol. The summed E-state index contributed by atoms with van der Waals surface area (Å²) in [6, 6.07) is 8.03. The molecule has 0 unspecified atom stereocenters. The van der Waals surface area contributed by atoms with Gasteiger partial charge >= 0.3 is 0 Å². The molecule has 2 aromatic rings. The Morgan fingerprint density at radius 3 is 2.57 bits per heavy atom. The SMILES string of the molecule is CN(C(=O)c1cc(-c2ccc(F)cc2)n[nH]1)C1CCNCC1.Cl. The molecule has 0 atom stereocenters. The molecule has 1 aromatic heterocycles. The molecule has 2 heterocycles. The number of nitrogens with one attached hydrogen (secondary N) is 2. The molecule has 1 saturated heterocycles. The van der Waals surface area contributed by atoms with Gasteiger partial charge in [0, 0.05) is 18.7 Å². The molecule has 1 fully saturated rings. The summed E-state index contributed by atoms with van der Waals surface area (Å²) < 4.78 is 13.0. The van der Waals surface area contributed by atoms with E-state index in [1.807, 2.05) is 7.05 Å². The smallest absolute Gasteiger partial charge is 0.271 e. The first-order chi connectivity index (χ1) is 10.6. The second-order valence-electron chi connectivity index (χ2n) is 5.57. The van der Waals surface area contributed by atoms with E-state index >= 15 is 0 Å². The van der Waals surface area contributed by atoms with Crippen LogP contribution in [0, 0.1) is 5.82 Å². The zero-order valence-corrected chi connectivity index (χ0v) is 13.7. The number of aromatic nitrogens is 2. The number of halogens is 2. The molecule has 0 radical (unpaired) electrons. The minimum absolute atomic E-state index is 0. The third-order valence-corrected chi connectivity index (χ3v) is 4.12. The van der Waals surface area contributed by atoms with Gasteiger partial charge in [0.1, 0.15) is 11.5 Å². The lowest BCUT2D eigenvalue weighted by Gasteiger charge is -2.31. The standard InChI is InChI=1S/C16H19FN4O.ClH/c1-21(13-6-8-18-9-7-13)16(22)15-10-14(19-20-15)11-2-4-12(17)5-3-11;/h2-5,10,13,18H,6-9H2,1H3,(H,19,20);1H. The van der Waals surface area contributed by atoms with Gasteiger partial charge in [-0.1, -0.05) is 0 Å². The minimum atomic E-state index is -0.291. The lowest BCUT2D eigenvalue weighted by atomic mass is 10.0. The number of amides is 1. The number of hydrogen-bond acceptors (Lipinski definition) is 3. The van der Waals surface area contributed by atoms with Crippen LogP contribution in [-0.4, -0.2) is 47.2 Å². The van der Waals surface area contributed by atoms with E-state index in [1.165, 1.54) is 12.1 Å². The van der Waals surface area contributed by atoms with E-state index in [0.29, 0.717) is 11.4 Å². The normalized spacial score (nSPS) is 15.0. The average Bonchev–Trinajstić information content (AvgIpc) is 3.05. The molecule has 1 aliphatic rings. The van der Waals surface area contributed by atoms with Crippen LogP contribution >= 0.6 is 12.4 Å². The van der Waals surface area contributed by atoms with E-state index in [-0.39, 0.29) is 30.2 Å². The highest BCUT2D eigenvalue weighted by molar-refractivity contribution is 5.93. The van der Waals surface area contributed by atoms with Crippen molar-refractivity contribution in [3.05, 3.63) is 41.8 Å². The molecule has 124 valence electrons. The summed E-state index contributed by atoms with van der Waals surface area (Å²) in [7, 11) is 1.83. The molecule has 0 aliphatic carbocycles. The molecule has 5 nitrogen and oxygen atoms in total. The number of nitrogens with zero attached hydrogens (tertiary/aromatic N) is 2. The Morgan fingerprint density at radius 1 is 1.26 bits per heavy atom. The maximum absolute atomic E-state index is 13.0. The van der Waals surface area contributed by atoms with E-state index in [4.69, 9.17) is 0 Å². The van der Waals surface area contributed by atoms with Gasteiger partial charge in [0.2, 0.25) is 0 Å². The predicted molar refractivity (Wildman–Crippen MR) is 89.2 cm³/mol. The first-order valence-corrected chi connectivity index (χ1v) is 7.44. The van der Waals surface area contributed by atoms with E-state index in [0.717, 1.165) is 31.5 Å². The molecular formula is C16H20ClFN4O. The number of benzene rings is 1. The van der Waals surface area contributed by atoms with Crippen LogP contribution < -0.4 is 5.32 Å². The summed E-state index contributed by atoms with van der Waals surface area (Å²) in [6.07, 6.45) is 1.92. The third-order valence-electron chi connectivity index (χ3n) is 4.12. The molecule has 0 spiro atoms. The number of carbonyl (C=O) groups excluding carboxylic acids is 1. The number of carbonyl (C=O) groups is 1. The first kappa shape index (κ1) is 17.4. The van der Waals surface area contributed by atoms with Crippen LogP contribution in [0.2, 0.25) is 0 Å². The van der Waals surface area contributed by atoms with Gasteiger partial charge in [0.25, 0.3) is 5.91 Å². The van der Waals surface area contributed by atoms with Crippen LogP contribution in [0.1, 0.15) is 23.3 Å². The molecule has 3 rings (SSSR count). The van der Waals surface area contributed by atoms with Gasteiger partial charge in [-0.3, -0.25) is 9.89 Å². The molecule has 0 saturated carbocycles. The van der Waals surface area contributed by atoms with Gasteiger partial charge in [-0.15, -0.1) is 12.4 Å². The summed E-state index contributed by atoms with van der Waals surface area (Å²) >= 11 is 0. The Kier molecular flexibility index (Phi) is 5.74. The molecule has 1 aliphatic heterocycles. The van der Waals surface area contributed by atoms with Gasteiger partial charge in [0.05, 0.1) is 5.69 Å². The van der Waals surface area contributed by atoms with Crippen molar-refractivity contribution in [2.75, 3.05) is 20.1 Å². The summed E-state index contributed by atoms with van der Waals surface area (Å²) in [5.41, 5.74) is 1.88. The highest BCUT2D eigenvalue weighted by atomic mass is 35.5. The van der Waals surface area contributed by atoms with E-state index in [9.17, 15) is 9.18 Å². The maximum Gasteiger partial charge on any atom is 0.271 e. The molecule has 0 bridgehead atoms. The van der Waals surface area contributed by atoms with Crippen LogP contribution in [0.25, 0.3) is 11.3 Å². The quantitative estimate of drug-likeness (QED) is 0.903. The van der Waals surface area contributed by atoms with Gasteiger partial charge < -0.3 is 10.2 Å². The number of hydrogen-bond donors (Lipinski definition) is 2. The van der Waals surface area contributed by atoms with Crippen LogP contribution in [-0.2, 0) is 0 Å². The van der Waals surface area contributed by atoms with Crippen molar-refractivity contribution < 1.29 is 9.18 Å². The third kappa shape index (κ3) is 3.89. The average molecular weight is 339 g/mol. The second kappa shape index (κ2) is 7.57. The molecule has 1 amide bonds. The Bertz CT molecular complexity index is 652. The fraction of sp³-hybridized carbons (Fsp3) is 0.375. The zero-order valence-electron chi connectivity index (χ0n) is 12.9. The fourth-order valence-electron chi connectivity index (χ4n) is 2.75. The summed E-state index contributed by atoms with van der Waals surface area (Å²) in [5.74, 6) is -0.353. The van der Waals surface area contributed by atoms with Crippen molar-refractivity contribution >= 4 is 18.3 Å². The van der Waals surface area contributed by atoms with Crippen LogP contribution in [0.15, 0.2) is 30.3 Å². The van der Waals surface area contributed by atoms with E-state index in [2.05, 4.69) is 15.5 Å². The van der Waals surface area contributed by atoms with Crippen molar-refractivity contribution in [2.24, 2.45) is 0 Å².